The molecule has 0 heterocycles. The minimum absolute atomic E-state index is 0. The van der Waals surface area contributed by atoms with Crippen LogP contribution in [0.3, 0.4) is 0 Å². The Balaban J connectivity index is 0.000000503. The van der Waals surface area contributed by atoms with E-state index in [1.54, 1.807) is 18.2 Å². The van der Waals surface area contributed by atoms with Gasteiger partial charge in [0.1, 0.15) is 29.3 Å². The fourth-order valence-corrected chi connectivity index (χ4v) is 2.97. The van der Waals surface area contributed by atoms with Crippen molar-refractivity contribution in [1.29, 1.82) is 10.5 Å². The van der Waals surface area contributed by atoms with Gasteiger partial charge in [-0.1, -0.05) is 33.4 Å². The number of anilines is 1. The van der Waals surface area contributed by atoms with Crippen molar-refractivity contribution in [2.75, 3.05) is 12.3 Å². The maximum Gasteiger partial charge on any atom is 0.330 e. The third kappa shape index (κ3) is 9.52. The van der Waals surface area contributed by atoms with Gasteiger partial charge in [-0.15, -0.1) is 0 Å². The van der Waals surface area contributed by atoms with Crippen molar-refractivity contribution >= 4 is 39.4 Å². The van der Waals surface area contributed by atoms with E-state index in [1.165, 1.54) is 36.4 Å². The molecule has 0 radical (unpaired) electrons. The van der Waals surface area contributed by atoms with Crippen molar-refractivity contribution in [3.8, 4) is 12.1 Å². The van der Waals surface area contributed by atoms with Crippen LogP contribution >= 0.6 is 15.9 Å². The fraction of sp³-hybridized carbons (Fsp3) is 0.231. The molecule has 0 saturated carbocycles. The van der Waals surface area contributed by atoms with Gasteiger partial charge >= 0.3 is 5.97 Å². The lowest BCUT2D eigenvalue weighted by Crippen LogP contribution is -2.07. The van der Waals surface area contributed by atoms with Crippen molar-refractivity contribution in [3.05, 3.63) is 81.4 Å². The lowest BCUT2D eigenvalue weighted by Gasteiger charge is -2.10. The van der Waals surface area contributed by atoms with Crippen LogP contribution in [0, 0.1) is 34.3 Å². The van der Waals surface area contributed by atoms with Crippen molar-refractivity contribution < 1.29 is 23.1 Å². The zero-order chi connectivity index (χ0) is 25.7. The number of ether oxygens (including phenoxy) is 1. The Morgan fingerprint density at radius 3 is 2.31 bits per heavy atom. The minimum atomic E-state index is -0.562. The van der Waals surface area contributed by atoms with Crippen molar-refractivity contribution in [2.45, 2.75) is 33.6 Å². The summed E-state index contributed by atoms with van der Waals surface area (Å²) in [5, 5.41) is 17.2. The normalized spacial score (nSPS) is 10.5. The lowest BCUT2D eigenvalue weighted by molar-refractivity contribution is -0.137. The van der Waals surface area contributed by atoms with Gasteiger partial charge in [0.2, 0.25) is 0 Å². The van der Waals surface area contributed by atoms with Crippen molar-refractivity contribution in [1.82, 2.24) is 0 Å². The van der Waals surface area contributed by atoms with E-state index < -0.39 is 11.6 Å². The van der Waals surface area contributed by atoms with Gasteiger partial charge in [-0.05, 0) is 63.8 Å². The SMILES string of the molecule is C.C=CC(=O)OCCCC.N#Cc1c(F)ccc(N)c1Br.N#Cc1c(F)ccc2c1C=CC(=O)C2. The summed E-state index contributed by atoms with van der Waals surface area (Å²) in [4.78, 5) is 21.4. The van der Waals surface area contributed by atoms with Crippen LogP contribution in [0.25, 0.3) is 6.08 Å². The number of hydrogen-bond donors (Lipinski definition) is 1. The molecule has 0 spiro atoms. The molecule has 6 nitrogen and oxygen atoms in total. The summed E-state index contributed by atoms with van der Waals surface area (Å²) in [5.41, 5.74) is 6.99. The topological polar surface area (TPSA) is 117 Å². The Morgan fingerprint density at radius 1 is 1.17 bits per heavy atom. The molecule has 0 saturated heterocycles. The predicted molar refractivity (Wildman–Crippen MR) is 135 cm³/mol. The first kappa shape index (κ1) is 31.2. The highest BCUT2D eigenvalue weighted by molar-refractivity contribution is 9.10. The number of nitrogens with two attached hydrogens (primary N) is 1. The van der Waals surface area contributed by atoms with Gasteiger partial charge < -0.3 is 10.5 Å². The summed E-state index contributed by atoms with van der Waals surface area (Å²) in [5.74, 6) is -1.45. The second kappa shape index (κ2) is 15.9. The zero-order valence-corrected chi connectivity index (χ0v) is 20.0. The van der Waals surface area contributed by atoms with Gasteiger partial charge in [0.15, 0.2) is 5.78 Å². The lowest BCUT2D eigenvalue weighted by atomic mass is 9.93. The zero-order valence-electron chi connectivity index (χ0n) is 18.4. The number of fused-ring (bicyclic) bond motifs is 1. The first-order valence-corrected chi connectivity index (χ1v) is 10.8. The maximum absolute atomic E-state index is 13.1. The number of ketones is 1. The summed E-state index contributed by atoms with van der Waals surface area (Å²) in [6.45, 7) is 5.82. The maximum atomic E-state index is 13.1. The van der Waals surface area contributed by atoms with Crippen LogP contribution in [0.15, 0.2) is 47.5 Å². The van der Waals surface area contributed by atoms with E-state index in [0.717, 1.165) is 18.4 Å². The Bertz CT molecular complexity index is 1180. The van der Waals surface area contributed by atoms with E-state index in [1.807, 2.05) is 6.92 Å². The van der Waals surface area contributed by atoms with E-state index in [9.17, 15) is 18.4 Å². The van der Waals surface area contributed by atoms with Crippen LogP contribution in [0.5, 0.6) is 0 Å². The standard InChI is InChI=1S/C11H6FNO.C7H4BrFN2.C7H12O2.CH4/c12-11-4-1-7-5-8(14)2-3-9(7)10(11)6-13;8-7-4(3-10)5(9)1-2-6(7)11;1-3-5-6-9-7(8)4-2;/h1-4H,5H2;1-2H,11H2;4H,2-3,5-6H2,1H3;1H4. The molecule has 0 amide bonds. The molecule has 0 unspecified atom stereocenters. The highest BCUT2D eigenvalue weighted by Crippen LogP contribution is 2.25. The summed E-state index contributed by atoms with van der Waals surface area (Å²) in [6, 6.07) is 8.85. The predicted octanol–water partition coefficient (Wildman–Crippen LogP) is 6.03. The molecule has 2 aromatic rings. The smallest absolute Gasteiger partial charge is 0.330 e. The molecule has 0 aliphatic heterocycles. The number of carbonyl (C=O) groups is 2. The number of nitriles is 2. The third-order valence-electron chi connectivity index (χ3n) is 4.34. The average molecular weight is 546 g/mol. The molecule has 3 rings (SSSR count). The van der Waals surface area contributed by atoms with Gasteiger partial charge in [0, 0.05) is 18.2 Å². The fourth-order valence-electron chi connectivity index (χ4n) is 2.56. The number of allylic oxidation sites excluding steroid dienone is 1. The van der Waals surface area contributed by atoms with E-state index in [4.69, 9.17) is 16.3 Å². The molecule has 9 heteroatoms. The van der Waals surface area contributed by atoms with Gasteiger partial charge in [-0.25, -0.2) is 13.6 Å². The van der Waals surface area contributed by atoms with Crippen molar-refractivity contribution in [3.63, 3.8) is 0 Å². The highest BCUT2D eigenvalue weighted by atomic mass is 79.9. The molecule has 2 N–H and O–H groups in total. The van der Waals surface area contributed by atoms with E-state index in [0.29, 0.717) is 22.3 Å². The number of hydrogen-bond acceptors (Lipinski definition) is 6. The van der Waals surface area contributed by atoms with Crippen LogP contribution in [-0.2, 0) is 20.7 Å². The summed E-state index contributed by atoms with van der Waals surface area (Å²) in [7, 11) is 0. The molecule has 0 fully saturated rings. The average Bonchev–Trinajstić information content (AvgIpc) is 2.83. The molecule has 0 atom stereocenters. The first-order chi connectivity index (χ1) is 16.2. The second-order valence-corrected chi connectivity index (χ2v) is 7.54. The summed E-state index contributed by atoms with van der Waals surface area (Å²) >= 11 is 3.00. The molecule has 35 heavy (non-hydrogen) atoms. The number of benzene rings is 2. The first-order valence-electron chi connectivity index (χ1n) is 10.0. The highest BCUT2D eigenvalue weighted by Gasteiger charge is 2.16. The minimum Gasteiger partial charge on any atom is -0.463 e. The number of nitrogen functional groups attached to an aromatic ring is 1. The Morgan fingerprint density at radius 2 is 1.77 bits per heavy atom. The largest absolute Gasteiger partial charge is 0.463 e. The molecular weight excluding hydrogens is 520 g/mol. The molecule has 184 valence electrons. The van der Waals surface area contributed by atoms with Crippen LogP contribution in [0.4, 0.5) is 14.5 Å². The van der Waals surface area contributed by atoms with Gasteiger partial charge in [-0.3, -0.25) is 4.79 Å². The van der Waals surface area contributed by atoms with Crippen LogP contribution in [-0.4, -0.2) is 18.4 Å². The van der Waals surface area contributed by atoms with Crippen LogP contribution in [0.1, 0.15) is 49.4 Å². The molecule has 1 aliphatic carbocycles. The molecule has 2 aromatic carbocycles. The summed E-state index contributed by atoms with van der Waals surface area (Å²) in [6.07, 6.45) is 6.28. The van der Waals surface area contributed by atoms with Gasteiger partial charge in [0.25, 0.3) is 0 Å². The van der Waals surface area contributed by atoms with Crippen molar-refractivity contribution in [2.24, 2.45) is 0 Å². The number of rotatable bonds is 4. The number of halogens is 3. The second-order valence-electron chi connectivity index (χ2n) is 6.75. The Kier molecular flexibility index (Phi) is 14.2. The molecule has 0 aromatic heterocycles. The summed E-state index contributed by atoms with van der Waals surface area (Å²) < 4.78 is 30.9. The van der Waals surface area contributed by atoms with Gasteiger partial charge in [-0.2, -0.15) is 10.5 Å². The number of unbranched alkanes of at least 4 members (excludes halogenated alkanes) is 1. The number of carbonyl (C=O) groups excluding carboxylic acids is 2. The van der Waals surface area contributed by atoms with Gasteiger partial charge in [0.05, 0.1) is 16.6 Å². The number of nitrogens with zero attached hydrogens (tertiary/aromatic N) is 2. The Hall–Kier alpha value is -3.82. The number of esters is 1. The molecule has 0 bridgehead atoms. The molecule has 1 aliphatic rings. The molecular formula is C26H26BrF2N3O3. The van der Waals surface area contributed by atoms with E-state index >= 15 is 0 Å². The van der Waals surface area contributed by atoms with Crippen LogP contribution < -0.4 is 5.73 Å². The third-order valence-corrected chi connectivity index (χ3v) is 5.19. The van der Waals surface area contributed by atoms with Crippen LogP contribution in [0.2, 0.25) is 0 Å². The monoisotopic (exact) mass is 545 g/mol. The quantitative estimate of drug-likeness (QED) is 0.217. The van der Waals surface area contributed by atoms with E-state index in [2.05, 4.69) is 27.2 Å². The van der Waals surface area contributed by atoms with E-state index in [-0.39, 0.29) is 36.7 Å². The Labute approximate surface area is 212 Å².